The summed E-state index contributed by atoms with van der Waals surface area (Å²) in [5.41, 5.74) is 1.26. The van der Waals surface area contributed by atoms with Gasteiger partial charge in [0.15, 0.2) is 0 Å². The molecule has 1 aromatic heterocycles. The lowest BCUT2D eigenvalue weighted by Gasteiger charge is -2.33. The van der Waals surface area contributed by atoms with E-state index in [0.717, 1.165) is 25.0 Å². The molecule has 1 unspecified atom stereocenters. The predicted octanol–water partition coefficient (Wildman–Crippen LogP) is 4.66. The van der Waals surface area contributed by atoms with Crippen LogP contribution in [-0.4, -0.2) is 98.7 Å². The number of carbonyl (C=O) groups is 4. The Hall–Kier alpha value is -3.09. The van der Waals surface area contributed by atoms with Crippen LogP contribution >= 0.6 is 0 Å². The number of pyridine rings is 1. The van der Waals surface area contributed by atoms with Crippen molar-refractivity contribution < 1.29 is 34.5 Å². The van der Waals surface area contributed by atoms with Gasteiger partial charge in [0.25, 0.3) is 0 Å². The quantitative estimate of drug-likeness (QED) is 0.0816. The second-order valence-electron chi connectivity index (χ2n) is 12.7. The van der Waals surface area contributed by atoms with E-state index in [9.17, 15) is 34.5 Å². The zero-order chi connectivity index (χ0) is 34.3. The van der Waals surface area contributed by atoms with Gasteiger partial charge in [-0.05, 0) is 31.4 Å². The van der Waals surface area contributed by atoms with Crippen molar-refractivity contribution in [2.75, 3.05) is 32.7 Å². The number of carboxylic acid groups (broad SMARTS) is 3. The van der Waals surface area contributed by atoms with Gasteiger partial charge in [-0.3, -0.25) is 24.4 Å². The van der Waals surface area contributed by atoms with E-state index < -0.39 is 30.0 Å². The van der Waals surface area contributed by atoms with Gasteiger partial charge in [-0.25, -0.2) is 9.59 Å². The van der Waals surface area contributed by atoms with Crippen LogP contribution in [0.5, 0.6) is 0 Å². The van der Waals surface area contributed by atoms with Crippen molar-refractivity contribution in [3.05, 3.63) is 29.6 Å². The molecule has 1 aliphatic rings. The molecule has 1 aliphatic heterocycles. The van der Waals surface area contributed by atoms with Gasteiger partial charge in [-0.15, -0.1) is 0 Å². The van der Waals surface area contributed by atoms with Crippen LogP contribution in [0.25, 0.3) is 0 Å². The number of carboxylic acids is 3. The van der Waals surface area contributed by atoms with Gasteiger partial charge in [0, 0.05) is 52.2 Å². The molecular formula is C35H59N5O7. The Morgan fingerprint density at radius 3 is 1.94 bits per heavy atom. The number of rotatable bonds is 23. The van der Waals surface area contributed by atoms with Crippen LogP contribution in [0.3, 0.4) is 0 Å². The number of aliphatic carboxylic acids is 3. The van der Waals surface area contributed by atoms with Crippen molar-refractivity contribution >= 4 is 23.8 Å². The number of hydrogen-bond donors (Lipinski definition) is 5. The molecular weight excluding hydrogens is 602 g/mol. The van der Waals surface area contributed by atoms with E-state index in [2.05, 4.69) is 22.5 Å². The molecule has 1 atom stereocenters. The Labute approximate surface area is 280 Å². The summed E-state index contributed by atoms with van der Waals surface area (Å²) in [6.07, 6.45) is 17.5. The highest BCUT2D eigenvalue weighted by molar-refractivity contribution is 5.97. The first kappa shape index (κ1) is 40.1. The van der Waals surface area contributed by atoms with Gasteiger partial charge in [0.05, 0.1) is 11.4 Å². The number of aromatic nitrogens is 1. The smallest absolute Gasteiger partial charge is 0.332 e. The van der Waals surface area contributed by atoms with Crippen LogP contribution in [0.1, 0.15) is 121 Å². The molecule has 1 aromatic rings. The maximum absolute atomic E-state index is 12.4. The summed E-state index contributed by atoms with van der Waals surface area (Å²) >= 11 is 0. The van der Waals surface area contributed by atoms with Crippen molar-refractivity contribution in [3.63, 3.8) is 0 Å². The fraction of sp³-hybridized carbons (Fsp3) is 0.743. The summed E-state index contributed by atoms with van der Waals surface area (Å²) in [4.78, 5) is 56.1. The van der Waals surface area contributed by atoms with E-state index in [1.165, 1.54) is 69.1 Å². The number of nitrogens with one attached hydrogen (secondary N) is 2. The molecule has 0 spiro atoms. The number of hydrogen-bond acceptors (Lipinski definition) is 8. The molecule has 266 valence electrons. The first-order chi connectivity index (χ1) is 22.7. The first-order valence-electron chi connectivity index (χ1n) is 17.8. The first-order valence-corrected chi connectivity index (χ1v) is 17.8. The van der Waals surface area contributed by atoms with E-state index in [0.29, 0.717) is 44.7 Å². The standard InChI is InChI=1S/C35H59N5O7/c1-2-3-4-5-6-7-8-9-10-11-12-13-14-20-31(41)37-21-16-19-30(33(42)43)39-23-22-36-26-28-17-15-18-29(38-28)27-40(25-24-39)32(34(44)45)35(46)47/h15,17-18,30,32,36H,2-14,16,19-27H2,1H3,(H,37,41)(H,42,43)(H,44,45)(H,46,47). The van der Waals surface area contributed by atoms with Crippen molar-refractivity contribution in [1.82, 2.24) is 25.4 Å². The van der Waals surface area contributed by atoms with Gasteiger partial charge in [0.1, 0.15) is 6.04 Å². The van der Waals surface area contributed by atoms with E-state index in [1.807, 2.05) is 6.07 Å². The fourth-order valence-electron chi connectivity index (χ4n) is 6.14. The van der Waals surface area contributed by atoms with Gasteiger partial charge in [-0.1, -0.05) is 90.0 Å². The van der Waals surface area contributed by atoms with Crippen molar-refractivity contribution in [2.45, 2.75) is 135 Å². The summed E-state index contributed by atoms with van der Waals surface area (Å²) in [6.45, 7) is 4.05. The SMILES string of the molecule is CCCCCCCCCCCCCCCC(=O)NCCCC(C(=O)O)N1CCNCc2cccc(n2)CN(C(C(=O)O)C(=O)O)CC1. The molecule has 0 fully saturated rings. The second kappa shape index (κ2) is 24.1. The summed E-state index contributed by atoms with van der Waals surface area (Å²) in [7, 11) is 0. The van der Waals surface area contributed by atoms with E-state index in [1.54, 1.807) is 17.0 Å². The number of nitrogens with zero attached hydrogens (tertiary/aromatic N) is 3. The van der Waals surface area contributed by atoms with Crippen LogP contribution < -0.4 is 10.6 Å². The van der Waals surface area contributed by atoms with Crippen LogP contribution in [0, 0.1) is 0 Å². The highest BCUT2D eigenvalue weighted by Crippen LogP contribution is 2.15. The predicted molar refractivity (Wildman–Crippen MR) is 181 cm³/mol. The molecule has 0 aliphatic carbocycles. The molecule has 2 bridgehead atoms. The lowest BCUT2D eigenvalue weighted by Crippen LogP contribution is -2.52. The van der Waals surface area contributed by atoms with Crippen molar-refractivity contribution in [2.24, 2.45) is 0 Å². The molecule has 0 radical (unpaired) electrons. The number of unbranched alkanes of at least 4 members (excludes halogenated alkanes) is 12. The molecule has 47 heavy (non-hydrogen) atoms. The Balaban J connectivity index is 1.76. The molecule has 12 heteroatoms. The topological polar surface area (TPSA) is 172 Å². The minimum absolute atomic E-state index is 0.00598. The minimum atomic E-state index is -1.79. The largest absolute Gasteiger partial charge is 0.480 e. The normalized spacial score (nSPS) is 15.4. The average Bonchev–Trinajstić information content (AvgIpc) is 3.02. The monoisotopic (exact) mass is 661 g/mol. The second-order valence-corrected chi connectivity index (χ2v) is 12.7. The Morgan fingerprint density at radius 2 is 1.34 bits per heavy atom. The van der Waals surface area contributed by atoms with E-state index in [-0.39, 0.29) is 32.0 Å². The Kier molecular flexibility index (Phi) is 20.6. The zero-order valence-electron chi connectivity index (χ0n) is 28.5. The van der Waals surface area contributed by atoms with Crippen LogP contribution in [0.2, 0.25) is 0 Å². The molecule has 1 amide bonds. The van der Waals surface area contributed by atoms with Crippen molar-refractivity contribution in [1.29, 1.82) is 0 Å². The summed E-state index contributed by atoms with van der Waals surface area (Å²) in [6, 6.07) is 2.67. The Bertz CT molecular complexity index is 1060. The number of fused-ring (bicyclic) bond motifs is 2. The average molecular weight is 662 g/mol. The summed E-state index contributed by atoms with van der Waals surface area (Å²) < 4.78 is 0. The molecule has 0 saturated heterocycles. The molecule has 2 heterocycles. The Morgan fingerprint density at radius 1 is 0.766 bits per heavy atom. The number of carbonyl (C=O) groups excluding carboxylic acids is 1. The molecule has 2 rings (SSSR count). The highest BCUT2D eigenvalue weighted by Gasteiger charge is 2.34. The molecule has 5 N–H and O–H groups in total. The lowest BCUT2D eigenvalue weighted by molar-refractivity contribution is -0.157. The maximum atomic E-state index is 12.4. The molecule has 0 aromatic carbocycles. The van der Waals surface area contributed by atoms with Crippen LogP contribution in [0.4, 0.5) is 0 Å². The third-order valence-corrected chi connectivity index (χ3v) is 8.83. The maximum Gasteiger partial charge on any atom is 0.332 e. The third kappa shape index (κ3) is 17.0. The highest BCUT2D eigenvalue weighted by atomic mass is 16.4. The van der Waals surface area contributed by atoms with Gasteiger partial charge < -0.3 is 26.0 Å². The third-order valence-electron chi connectivity index (χ3n) is 8.83. The van der Waals surface area contributed by atoms with Gasteiger partial charge in [0.2, 0.25) is 11.9 Å². The minimum Gasteiger partial charge on any atom is -0.480 e. The molecule has 12 nitrogen and oxygen atoms in total. The van der Waals surface area contributed by atoms with Crippen LogP contribution in [-0.2, 0) is 32.3 Å². The lowest BCUT2D eigenvalue weighted by atomic mass is 10.0. The van der Waals surface area contributed by atoms with Crippen molar-refractivity contribution in [3.8, 4) is 0 Å². The van der Waals surface area contributed by atoms with E-state index >= 15 is 0 Å². The summed E-state index contributed by atoms with van der Waals surface area (Å²) in [5.74, 6) is -4.00. The zero-order valence-corrected chi connectivity index (χ0v) is 28.5. The van der Waals surface area contributed by atoms with Gasteiger partial charge in [-0.2, -0.15) is 0 Å². The summed E-state index contributed by atoms with van der Waals surface area (Å²) in [5, 5.41) is 35.7. The fourth-order valence-corrected chi connectivity index (χ4v) is 6.14. The van der Waals surface area contributed by atoms with Gasteiger partial charge >= 0.3 is 17.9 Å². The van der Waals surface area contributed by atoms with Crippen LogP contribution in [0.15, 0.2) is 18.2 Å². The number of amides is 1. The molecule has 0 saturated carbocycles. The van der Waals surface area contributed by atoms with E-state index in [4.69, 9.17) is 0 Å².